The number of likely N-dealkylation sites (tertiary alicyclic amines) is 1. The molecule has 8 heteroatoms. The molecule has 1 aliphatic heterocycles. The second kappa shape index (κ2) is 7.08. The number of nitrogens with zero attached hydrogens (tertiary/aromatic N) is 2. The summed E-state index contributed by atoms with van der Waals surface area (Å²) >= 11 is 0. The molecule has 8 nitrogen and oxygen atoms in total. The second-order valence-corrected chi connectivity index (χ2v) is 5.22. The van der Waals surface area contributed by atoms with Gasteiger partial charge < -0.3 is 14.4 Å². The summed E-state index contributed by atoms with van der Waals surface area (Å²) < 4.78 is 10.00. The first kappa shape index (κ1) is 16.7. The van der Waals surface area contributed by atoms with Gasteiger partial charge in [-0.1, -0.05) is 0 Å². The minimum atomic E-state index is -0.929. The molecule has 0 spiro atoms. The van der Waals surface area contributed by atoms with Gasteiger partial charge in [0.2, 0.25) is 0 Å². The summed E-state index contributed by atoms with van der Waals surface area (Å²) in [5.41, 5.74) is -0.334. The molecule has 1 saturated heterocycles. The van der Waals surface area contributed by atoms with Crippen molar-refractivity contribution >= 4 is 17.6 Å². The van der Waals surface area contributed by atoms with Crippen LogP contribution in [0.25, 0.3) is 0 Å². The zero-order chi connectivity index (χ0) is 17.0. The number of hydrogen-bond acceptors (Lipinski definition) is 6. The van der Waals surface area contributed by atoms with Crippen LogP contribution in [0, 0.1) is 10.1 Å². The van der Waals surface area contributed by atoms with Crippen molar-refractivity contribution in [3.63, 3.8) is 0 Å². The van der Waals surface area contributed by atoms with E-state index in [-0.39, 0.29) is 22.9 Å². The Labute approximate surface area is 133 Å². The molecule has 23 heavy (non-hydrogen) atoms. The largest absolute Gasteiger partial charge is 0.490 e. The lowest BCUT2D eigenvalue weighted by atomic mass is 10.2. The van der Waals surface area contributed by atoms with Crippen LogP contribution in [0.1, 0.15) is 30.1 Å². The molecule has 0 aliphatic carbocycles. The molecule has 0 unspecified atom stereocenters. The van der Waals surface area contributed by atoms with Crippen molar-refractivity contribution in [3.8, 4) is 5.75 Å². The molecule has 0 aromatic heterocycles. The highest BCUT2D eigenvalue weighted by molar-refractivity contribution is 5.93. The number of amides is 1. The first-order chi connectivity index (χ1) is 10.9. The van der Waals surface area contributed by atoms with Gasteiger partial charge in [0.15, 0.2) is 11.9 Å². The van der Waals surface area contributed by atoms with Gasteiger partial charge in [0.1, 0.15) is 0 Å². The van der Waals surface area contributed by atoms with E-state index in [0.717, 1.165) is 18.9 Å². The molecule has 1 aliphatic rings. The summed E-state index contributed by atoms with van der Waals surface area (Å²) in [6.45, 7) is 2.82. The summed E-state index contributed by atoms with van der Waals surface area (Å²) in [6.07, 6.45) is 0.954. The van der Waals surface area contributed by atoms with Crippen LogP contribution in [0.2, 0.25) is 0 Å². The van der Waals surface area contributed by atoms with Crippen LogP contribution in [0.5, 0.6) is 5.75 Å². The zero-order valence-electron chi connectivity index (χ0n) is 13.0. The molecule has 1 atom stereocenters. The summed E-state index contributed by atoms with van der Waals surface area (Å²) in [4.78, 5) is 36.2. The van der Waals surface area contributed by atoms with E-state index >= 15 is 0 Å². The second-order valence-electron chi connectivity index (χ2n) is 5.22. The van der Waals surface area contributed by atoms with Crippen LogP contribution in [0.4, 0.5) is 5.69 Å². The van der Waals surface area contributed by atoms with Crippen LogP contribution < -0.4 is 4.74 Å². The maximum atomic E-state index is 12.1. The predicted molar refractivity (Wildman–Crippen MR) is 80.3 cm³/mol. The number of nitro groups is 1. The van der Waals surface area contributed by atoms with Gasteiger partial charge in [-0.05, 0) is 31.9 Å². The smallest absolute Gasteiger partial charge is 0.339 e. The molecule has 1 fully saturated rings. The Kier molecular flexibility index (Phi) is 5.15. The predicted octanol–water partition coefficient (Wildman–Crippen LogP) is 1.77. The van der Waals surface area contributed by atoms with Gasteiger partial charge >= 0.3 is 11.7 Å². The van der Waals surface area contributed by atoms with E-state index in [0.29, 0.717) is 13.1 Å². The first-order valence-corrected chi connectivity index (χ1v) is 7.26. The van der Waals surface area contributed by atoms with Crippen LogP contribution in [0.15, 0.2) is 18.2 Å². The summed E-state index contributed by atoms with van der Waals surface area (Å²) in [6, 6.07) is 3.76. The van der Waals surface area contributed by atoms with Crippen molar-refractivity contribution in [1.82, 2.24) is 4.90 Å². The fraction of sp³-hybridized carbons (Fsp3) is 0.467. The Morgan fingerprint density at radius 2 is 1.96 bits per heavy atom. The number of rotatable bonds is 5. The van der Waals surface area contributed by atoms with Crippen LogP contribution >= 0.6 is 0 Å². The van der Waals surface area contributed by atoms with Crippen molar-refractivity contribution < 1.29 is 24.0 Å². The average Bonchev–Trinajstić information content (AvgIpc) is 3.07. The molecule has 0 N–H and O–H groups in total. The lowest BCUT2D eigenvalue weighted by Crippen LogP contribution is -2.38. The maximum absolute atomic E-state index is 12.1. The number of carbonyl (C=O) groups excluding carboxylic acids is 2. The molecular weight excluding hydrogens is 304 g/mol. The number of methoxy groups -OCH3 is 1. The monoisotopic (exact) mass is 322 g/mol. The number of benzene rings is 1. The SMILES string of the molecule is COc1ccc(C(=O)O[C@@H](C)C(=O)N2CCCC2)cc1[N+](=O)[O-]. The Balaban J connectivity index is 2.09. The standard InChI is InChI=1S/C15H18N2O6/c1-10(14(18)16-7-3-4-8-16)23-15(19)11-5-6-13(22-2)12(9-11)17(20)21/h5-6,9-10H,3-4,7-8H2,1-2H3/t10-/m0/s1. The van der Waals surface area contributed by atoms with Crippen LogP contribution in [-0.2, 0) is 9.53 Å². The Morgan fingerprint density at radius 1 is 1.30 bits per heavy atom. The highest BCUT2D eigenvalue weighted by atomic mass is 16.6. The lowest BCUT2D eigenvalue weighted by Gasteiger charge is -2.20. The van der Waals surface area contributed by atoms with Crippen molar-refractivity contribution in [2.45, 2.75) is 25.9 Å². The Hall–Kier alpha value is -2.64. The molecule has 0 radical (unpaired) electrons. The molecule has 0 bridgehead atoms. The van der Waals surface area contributed by atoms with E-state index in [1.807, 2.05) is 0 Å². The molecule has 0 saturated carbocycles. The molecule has 1 aromatic carbocycles. The fourth-order valence-electron chi connectivity index (χ4n) is 2.43. The number of esters is 1. The van der Waals surface area contributed by atoms with Gasteiger partial charge in [-0.2, -0.15) is 0 Å². The number of hydrogen-bond donors (Lipinski definition) is 0. The summed E-state index contributed by atoms with van der Waals surface area (Å²) in [5, 5.41) is 11.0. The van der Waals surface area contributed by atoms with E-state index in [9.17, 15) is 19.7 Å². The highest BCUT2D eigenvalue weighted by Gasteiger charge is 2.27. The maximum Gasteiger partial charge on any atom is 0.339 e. The molecule has 1 heterocycles. The molecule has 2 rings (SSSR count). The van der Waals surface area contributed by atoms with Gasteiger partial charge in [0.25, 0.3) is 5.91 Å². The van der Waals surface area contributed by atoms with Crippen LogP contribution in [0.3, 0.4) is 0 Å². The third kappa shape index (κ3) is 3.77. The molecule has 1 aromatic rings. The highest BCUT2D eigenvalue weighted by Crippen LogP contribution is 2.28. The van der Waals surface area contributed by atoms with E-state index in [1.54, 1.807) is 4.90 Å². The van der Waals surface area contributed by atoms with Crippen LogP contribution in [-0.4, -0.2) is 48.0 Å². The number of carbonyl (C=O) groups is 2. The fourth-order valence-corrected chi connectivity index (χ4v) is 2.43. The topological polar surface area (TPSA) is 99.0 Å². The molecular formula is C15H18N2O6. The van der Waals surface area contributed by atoms with Gasteiger partial charge in [-0.3, -0.25) is 14.9 Å². The van der Waals surface area contributed by atoms with Crippen molar-refractivity contribution in [3.05, 3.63) is 33.9 Å². The Bertz CT molecular complexity index is 624. The van der Waals surface area contributed by atoms with E-state index in [4.69, 9.17) is 9.47 Å². The van der Waals surface area contributed by atoms with E-state index in [1.165, 1.54) is 26.2 Å². The molecule has 124 valence electrons. The third-order valence-electron chi connectivity index (χ3n) is 3.66. The minimum Gasteiger partial charge on any atom is -0.490 e. The summed E-state index contributed by atoms with van der Waals surface area (Å²) in [5.74, 6) is -0.984. The lowest BCUT2D eigenvalue weighted by molar-refractivity contribution is -0.385. The van der Waals surface area contributed by atoms with Crippen molar-refractivity contribution in [1.29, 1.82) is 0 Å². The van der Waals surface area contributed by atoms with Gasteiger partial charge in [0.05, 0.1) is 17.6 Å². The van der Waals surface area contributed by atoms with Gasteiger partial charge in [0, 0.05) is 19.2 Å². The zero-order valence-corrected chi connectivity index (χ0v) is 13.0. The van der Waals surface area contributed by atoms with Gasteiger partial charge in [-0.15, -0.1) is 0 Å². The van der Waals surface area contributed by atoms with Crippen molar-refractivity contribution in [2.75, 3.05) is 20.2 Å². The Morgan fingerprint density at radius 3 is 2.52 bits per heavy atom. The summed E-state index contributed by atoms with van der Waals surface area (Å²) in [7, 11) is 1.30. The minimum absolute atomic E-state index is 0.00132. The van der Waals surface area contributed by atoms with Gasteiger partial charge in [-0.25, -0.2) is 4.79 Å². The molecule has 1 amide bonds. The normalized spacial score (nSPS) is 15.1. The number of ether oxygens (including phenoxy) is 2. The van der Waals surface area contributed by atoms with E-state index < -0.39 is 17.0 Å². The average molecular weight is 322 g/mol. The quantitative estimate of drug-likeness (QED) is 0.465. The van der Waals surface area contributed by atoms with E-state index in [2.05, 4.69) is 0 Å². The van der Waals surface area contributed by atoms with Crippen molar-refractivity contribution in [2.24, 2.45) is 0 Å². The third-order valence-corrected chi connectivity index (χ3v) is 3.66. The number of nitro benzene ring substituents is 1. The first-order valence-electron chi connectivity index (χ1n) is 7.26.